The molecule has 13 rings (SSSR count). The molecule has 3 heterocycles. The van der Waals surface area contributed by atoms with Gasteiger partial charge in [0.2, 0.25) is 5.95 Å². The molecule has 2 aliphatic carbocycles. The average molecular weight is 702 g/mol. The van der Waals surface area contributed by atoms with Crippen LogP contribution >= 0.6 is 0 Å². The van der Waals surface area contributed by atoms with E-state index in [9.17, 15) is 0 Å². The van der Waals surface area contributed by atoms with Crippen molar-refractivity contribution in [3.05, 3.63) is 174 Å². The van der Waals surface area contributed by atoms with E-state index in [1.165, 1.54) is 65.9 Å². The van der Waals surface area contributed by atoms with Crippen molar-refractivity contribution in [3.8, 4) is 39.5 Å². The molecule has 0 saturated heterocycles. The number of nitrogens with zero attached hydrogens (tertiary/aromatic N) is 3. The number of aromatic nitrogens is 3. The van der Waals surface area contributed by atoms with E-state index >= 15 is 0 Å². The zero-order valence-electron chi connectivity index (χ0n) is 29.8. The number of hydrogen-bond donors (Lipinski definition) is 0. The van der Waals surface area contributed by atoms with E-state index in [1.54, 1.807) is 0 Å². The minimum atomic E-state index is 0.289. The van der Waals surface area contributed by atoms with Gasteiger partial charge in [0, 0.05) is 33.2 Å². The Labute approximate surface area is 315 Å². The number of furan rings is 1. The van der Waals surface area contributed by atoms with Crippen molar-refractivity contribution in [2.45, 2.75) is 18.8 Å². The lowest BCUT2D eigenvalue weighted by Gasteiger charge is -2.18. The molecule has 0 bridgehead atoms. The lowest BCUT2D eigenvalue weighted by atomic mass is 9.88. The van der Waals surface area contributed by atoms with Crippen molar-refractivity contribution in [2.75, 3.05) is 0 Å². The predicted octanol–water partition coefficient (Wildman–Crippen LogP) is 13.2. The Morgan fingerprint density at radius 1 is 0.564 bits per heavy atom. The monoisotopic (exact) mass is 701 g/mol. The maximum atomic E-state index is 6.63. The van der Waals surface area contributed by atoms with Crippen LogP contribution in [0.4, 0.5) is 0 Å². The van der Waals surface area contributed by atoms with Gasteiger partial charge in [-0.05, 0) is 98.1 Å². The zero-order chi connectivity index (χ0) is 35.8. The Hall–Kier alpha value is -7.04. The van der Waals surface area contributed by atoms with Crippen LogP contribution in [0.5, 0.6) is 0 Å². The van der Waals surface area contributed by atoms with Crippen LogP contribution in [0.1, 0.15) is 29.0 Å². The van der Waals surface area contributed by atoms with Gasteiger partial charge in [-0.25, -0.2) is 9.97 Å². The fraction of sp³-hybridized carbons (Fsp3) is 0.0588. The molecule has 4 nitrogen and oxygen atoms in total. The van der Waals surface area contributed by atoms with Crippen molar-refractivity contribution in [3.63, 3.8) is 0 Å². The number of para-hydroxylation sites is 2. The van der Waals surface area contributed by atoms with E-state index in [4.69, 9.17) is 14.4 Å². The summed E-state index contributed by atoms with van der Waals surface area (Å²) in [6, 6.07) is 57.2. The Bertz CT molecular complexity index is 3460. The second-order valence-electron chi connectivity index (χ2n) is 15.2. The van der Waals surface area contributed by atoms with Crippen LogP contribution in [0.25, 0.3) is 105 Å². The summed E-state index contributed by atoms with van der Waals surface area (Å²) in [4.78, 5) is 11.0. The zero-order valence-corrected chi connectivity index (χ0v) is 29.8. The van der Waals surface area contributed by atoms with Crippen LogP contribution in [0.3, 0.4) is 0 Å². The van der Waals surface area contributed by atoms with E-state index in [0.29, 0.717) is 11.5 Å². The number of fused-ring (bicyclic) bond motifs is 15. The van der Waals surface area contributed by atoms with Gasteiger partial charge in [0.15, 0.2) is 5.58 Å². The smallest absolute Gasteiger partial charge is 0.236 e. The summed E-state index contributed by atoms with van der Waals surface area (Å²) < 4.78 is 8.99. The lowest BCUT2D eigenvalue weighted by Crippen LogP contribution is -2.05. The maximum Gasteiger partial charge on any atom is 0.236 e. The second kappa shape index (κ2) is 10.8. The van der Waals surface area contributed by atoms with Gasteiger partial charge in [0.25, 0.3) is 0 Å². The SMILES string of the molecule is c1ccc2c(c1)-c1cc3c4ccccc4n(-c4nc(-c5ccc6ccccc6c5)c5oc6ccccc6c5n4)c3c3c1C2CCc1c-3ccc2ccccc12. The summed E-state index contributed by atoms with van der Waals surface area (Å²) >= 11 is 0. The van der Waals surface area contributed by atoms with Gasteiger partial charge in [0.05, 0.1) is 11.0 Å². The van der Waals surface area contributed by atoms with Crippen LogP contribution in [-0.4, -0.2) is 14.5 Å². The molecule has 0 amide bonds. The molecule has 0 radical (unpaired) electrons. The van der Waals surface area contributed by atoms with Crippen molar-refractivity contribution >= 4 is 65.4 Å². The van der Waals surface area contributed by atoms with Gasteiger partial charge < -0.3 is 4.42 Å². The average Bonchev–Trinajstić information content (AvgIpc) is 3.84. The van der Waals surface area contributed by atoms with Gasteiger partial charge in [-0.15, -0.1) is 0 Å². The number of hydrogen-bond acceptors (Lipinski definition) is 3. The third-order valence-corrected chi connectivity index (χ3v) is 12.4. The minimum Gasteiger partial charge on any atom is -0.452 e. The normalized spacial score (nSPS) is 14.6. The van der Waals surface area contributed by atoms with Gasteiger partial charge in [-0.3, -0.25) is 4.57 Å². The van der Waals surface area contributed by atoms with Crippen LogP contribution in [-0.2, 0) is 6.42 Å². The molecule has 0 fully saturated rings. The molecule has 0 N–H and O–H groups in total. The third kappa shape index (κ3) is 3.95. The Balaban J connectivity index is 1.21. The molecule has 3 aromatic heterocycles. The fourth-order valence-corrected chi connectivity index (χ4v) is 10.0. The quantitative estimate of drug-likeness (QED) is 0.180. The summed E-state index contributed by atoms with van der Waals surface area (Å²) in [5.41, 5.74) is 16.0. The number of aryl methyl sites for hydroxylation is 1. The molecule has 256 valence electrons. The first-order valence-electron chi connectivity index (χ1n) is 19.2. The van der Waals surface area contributed by atoms with Crippen LogP contribution in [0.2, 0.25) is 0 Å². The van der Waals surface area contributed by atoms with Gasteiger partial charge in [-0.1, -0.05) is 127 Å². The molecule has 11 aromatic rings. The molecular formula is C51H31N3O. The summed E-state index contributed by atoms with van der Waals surface area (Å²) in [6.45, 7) is 0. The van der Waals surface area contributed by atoms with Crippen LogP contribution in [0, 0.1) is 0 Å². The summed E-state index contributed by atoms with van der Waals surface area (Å²) in [5, 5.41) is 8.36. The second-order valence-corrected chi connectivity index (χ2v) is 15.2. The molecule has 0 spiro atoms. The molecule has 1 atom stereocenters. The number of benzene rings is 8. The van der Waals surface area contributed by atoms with E-state index < -0.39 is 0 Å². The first-order valence-corrected chi connectivity index (χ1v) is 19.2. The minimum absolute atomic E-state index is 0.289. The molecule has 8 aromatic carbocycles. The highest BCUT2D eigenvalue weighted by molar-refractivity contribution is 6.18. The van der Waals surface area contributed by atoms with E-state index in [1.807, 2.05) is 12.1 Å². The van der Waals surface area contributed by atoms with E-state index in [-0.39, 0.29) is 5.92 Å². The first-order chi connectivity index (χ1) is 27.3. The first kappa shape index (κ1) is 29.4. The lowest BCUT2D eigenvalue weighted by molar-refractivity contribution is 0.666. The van der Waals surface area contributed by atoms with Crippen molar-refractivity contribution < 1.29 is 4.42 Å². The molecule has 2 aliphatic rings. The van der Waals surface area contributed by atoms with E-state index in [2.05, 4.69) is 150 Å². The standard InChI is InChI=1S/C51H31N3O/c1-2-13-31-27-32(22-21-29(31)11-1)47-50-48(40-18-8-10-20-44(40)55-50)53-51(52-47)54-43-19-9-7-17-37(43)42-28-41-35-16-6-5-15-34(35)38-26-25-36-33-14-4-3-12-30(33)23-24-39(36)46(45(38)41)49(42)54/h1-24,27-28,38H,25-26H2. The van der Waals surface area contributed by atoms with Crippen molar-refractivity contribution in [1.82, 2.24) is 14.5 Å². The highest BCUT2D eigenvalue weighted by Gasteiger charge is 2.37. The van der Waals surface area contributed by atoms with Gasteiger partial charge in [0.1, 0.15) is 16.8 Å². The Kier molecular flexibility index (Phi) is 5.76. The van der Waals surface area contributed by atoms with E-state index in [0.717, 1.165) is 57.0 Å². The fourth-order valence-electron chi connectivity index (χ4n) is 10.0. The molecule has 0 saturated carbocycles. The van der Waals surface area contributed by atoms with Crippen molar-refractivity contribution in [2.24, 2.45) is 0 Å². The van der Waals surface area contributed by atoms with Crippen LogP contribution in [0.15, 0.2) is 162 Å². The van der Waals surface area contributed by atoms with Crippen LogP contribution < -0.4 is 0 Å². The largest absolute Gasteiger partial charge is 0.452 e. The highest BCUT2D eigenvalue weighted by atomic mass is 16.3. The summed E-state index contributed by atoms with van der Waals surface area (Å²) in [5.74, 6) is 0.931. The molecule has 0 aliphatic heterocycles. The molecule has 1 unspecified atom stereocenters. The summed E-state index contributed by atoms with van der Waals surface area (Å²) in [6.07, 6.45) is 2.06. The summed E-state index contributed by atoms with van der Waals surface area (Å²) in [7, 11) is 0. The van der Waals surface area contributed by atoms with Gasteiger partial charge >= 0.3 is 0 Å². The Morgan fingerprint density at radius 3 is 2.24 bits per heavy atom. The molecule has 4 heteroatoms. The van der Waals surface area contributed by atoms with Crippen molar-refractivity contribution in [1.29, 1.82) is 0 Å². The third-order valence-electron chi connectivity index (χ3n) is 12.4. The topological polar surface area (TPSA) is 43.9 Å². The Morgan fingerprint density at radius 2 is 1.31 bits per heavy atom. The molecule has 55 heavy (non-hydrogen) atoms. The van der Waals surface area contributed by atoms with Gasteiger partial charge in [-0.2, -0.15) is 0 Å². The molecular weight excluding hydrogens is 671 g/mol. The maximum absolute atomic E-state index is 6.63. The highest BCUT2D eigenvalue weighted by Crippen LogP contribution is 2.57. The number of rotatable bonds is 2. The predicted molar refractivity (Wildman–Crippen MR) is 225 cm³/mol.